The highest BCUT2D eigenvalue weighted by Crippen LogP contribution is 2.38. The van der Waals surface area contributed by atoms with Crippen molar-refractivity contribution in [3.8, 4) is 0 Å². The predicted octanol–water partition coefficient (Wildman–Crippen LogP) is 2.41. The molecular weight excluding hydrogens is 172 g/mol. The van der Waals surface area contributed by atoms with Crippen LogP contribution in [-0.4, -0.2) is 10.7 Å². The van der Waals surface area contributed by atoms with E-state index in [1.807, 2.05) is 24.3 Å². The Kier molecular flexibility index (Phi) is 1.85. The molecule has 12 heavy (non-hydrogen) atoms. The first-order valence-electron chi connectivity index (χ1n) is 4.15. The highest BCUT2D eigenvalue weighted by molar-refractivity contribution is 6.30. The van der Waals surface area contributed by atoms with E-state index in [4.69, 9.17) is 11.6 Å². The lowest BCUT2D eigenvalue weighted by atomic mass is 10.1. The summed E-state index contributed by atoms with van der Waals surface area (Å²) in [7, 11) is 0. The number of benzene rings is 1. The quantitative estimate of drug-likeness (QED) is 0.745. The van der Waals surface area contributed by atoms with Gasteiger partial charge in [-0.2, -0.15) is 0 Å². The third-order valence-electron chi connectivity index (χ3n) is 2.27. The normalized spacial score (nSPS) is 19.2. The van der Waals surface area contributed by atoms with Crippen molar-refractivity contribution in [3.63, 3.8) is 0 Å². The van der Waals surface area contributed by atoms with Crippen LogP contribution in [-0.2, 0) is 6.42 Å². The third-order valence-corrected chi connectivity index (χ3v) is 2.53. The van der Waals surface area contributed by atoms with Crippen LogP contribution in [0.4, 0.5) is 0 Å². The molecule has 1 aromatic carbocycles. The molecule has 1 fully saturated rings. The van der Waals surface area contributed by atoms with Gasteiger partial charge >= 0.3 is 0 Å². The van der Waals surface area contributed by atoms with Gasteiger partial charge in [-0.05, 0) is 30.5 Å². The van der Waals surface area contributed by atoms with Crippen LogP contribution < -0.4 is 0 Å². The lowest BCUT2D eigenvalue weighted by molar-refractivity contribution is 0.151. The molecule has 0 atom stereocenters. The van der Waals surface area contributed by atoms with Crippen molar-refractivity contribution in [3.05, 3.63) is 34.9 Å². The monoisotopic (exact) mass is 182 g/mol. The fraction of sp³-hybridized carbons (Fsp3) is 0.400. The van der Waals surface area contributed by atoms with Gasteiger partial charge in [0.2, 0.25) is 0 Å². The van der Waals surface area contributed by atoms with Crippen LogP contribution in [0.15, 0.2) is 24.3 Å². The second-order valence-corrected chi connectivity index (χ2v) is 3.96. The Morgan fingerprint density at radius 2 is 1.83 bits per heavy atom. The first kappa shape index (κ1) is 8.09. The highest BCUT2D eigenvalue weighted by atomic mass is 35.5. The summed E-state index contributed by atoms with van der Waals surface area (Å²) in [5.74, 6) is 0. The SMILES string of the molecule is OC1(Cc2ccc(Cl)cc2)CC1. The summed E-state index contributed by atoms with van der Waals surface area (Å²) in [4.78, 5) is 0. The van der Waals surface area contributed by atoms with Gasteiger partial charge in [-0.25, -0.2) is 0 Å². The van der Waals surface area contributed by atoms with E-state index in [1.54, 1.807) is 0 Å². The molecular formula is C10H11ClO. The summed E-state index contributed by atoms with van der Waals surface area (Å²) in [5.41, 5.74) is 0.771. The highest BCUT2D eigenvalue weighted by Gasteiger charge is 2.39. The summed E-state index contributed by atoms with van der Waals surface area (Å²) in [6.07, 6.45) is 2.65. The molecule has 0 bridgehead atoms. The Bertz CT molecular complexity index is 274. The van der Waals surface area contributed by atoms with Crippen molar-refractivity contribution in [2.75, 3.05) is 0 Å². The molecule has 0 spiro atoms. The molecule has 0 saturated heterocycles. The summed E-state index contributed by atoms with van der Waals surface area (Å²) in [6, 6.07) is 7.67. The first-order chi connectivity index (χ1) is 5.68. The van der Waals surface area contributed by atoms with E-state index >= 15 is 0 Å². The maximum Gasteiger partial charge on any atom is 0.0690 e. The average molecular weight is 183 g/mol. The van der Waals surface area contributed by atoms with E-state index < -0.39 is 5.60 Å². The molecule has 2 rings (SSSR count). The van der Waals surface area contributed by atoms with Gasteiger partial charge in [0.25, 0.3) is 0 Å². The Labute approximate surface area is 77.0 Å². The van der Waals surface area contributed by atoms with Crippen LogP contribution in [0.2, 0.25) is 5.02 Å². The average Bonchev–Trinajstić information content (AvgIpc) is 2.74. The lowest BCUT2D eigenvalue weighted by Gasteiger charge is -2.06. The number of rotatable bonds is 2. The zero-order valence-corrected chi connectivity index (χ0v) is 7.51. The first-order valence-corrected chi connectivity index (χ1v) is 4.53. The fourth-order valence-corrected chi connectivity index (χ4v) is 1.43. The van der Waals surface area contributed by atoms with Crippen molar-refractivity contribution < 1.29 is 5.11 Å². The van der Waals surface area contributed by atoms with Crippen molar-refractivity contribution in [1.29, 1.82) is 0 Å². The second-order valence-electron chi connectivity index (χ2n) is 3.53. The molecule has 1 aromatic rings. The fourth-order valence-electron chi connectivity index (χ4n) is 1.30. The molecule has 0 aromatic heterocycles. The van der Waals surface area contributed by atoms with Crippen LogP contribution in [0.25, 0.3) is 0 Å². The number of aliphatic hydroxyl groups is 1. The van der Waals surface area contributed by atoms with Gasteiger partial charge in [0.15, 0.2) is 0 Å². The third kappa shape index (κ3) is 1.79. The van der Waals surface area contributed by atoms with Crippen LogP contribution >= 0.6 is 11.6 Å². The minimum absolute atomic E-state index is 0.395. The molecule has 2 heteroatoms. The molecule has 1 aliphatic rings. The topological polar surface area (TPSA) is 20.2 Å². The van der Waals surface area contributed by atoms with Gasteiger partial charge in [0, 0.05) is 11.4 Å². The van der Waals surface area contributed by atoms with E-state index in [0.29, 0.717) is 0 Å². The van der Waals surface area contributed by atoms with E-state index in [-0.39, 0.29) is 0 Å². The molecule has 0 radical (unpaired) electrons. The smallest absolute Gasteiger partial charge is 0.0690 e. The summed E-state index contributed by atoms with van der Waals surface area (Å²) in [6.45, 7) is 0. The largest absolute Gasteiger partial charge is 0.390 e. The van der Waals surface area contributed by atoms with Crippen LogP contribution in [0, 0.1) is 0 Å². The number of hydrogen-bond acceptors (Lipinski definition) is 1. The van der Waals surface area contributed by atoms with Crippen molar-refractivity contribution in [2.45, 2.75) is 24.9 Å². The second kappa shape index (κ2) is 2.75. The molecule has 1 aliphatic carbocycles. The number of halogens is 1. The minimum atomic E-state index is -0.395. The Hall–Kier alpha value is -0.530. The maximum absolute atomic E-state index is 9.62. The molecule has 0 unspecified atom stereocenters. The van der Waals surface area contributed by atoms with Gasteiger partial charge in [-0.1, -0.05) is 23.7 Å². The lowest BCUT2D eigenvalue weighted by Crippen LogP contribution is -2.10. The van der Waals surface area contributed by atoms with E-state index in [1.165, 1.54) is 5.56 Å². The Morgan fingerprint density at radius 1 is 1.25 bits per heavy atom. The van der Waals surface area contributed by atoms with Crippen LogP contribution in [0.1, 0.15) is 18.4 Å². The molecule has 64 valence electrons. The summed E-state index contributed by atoms with van der Waals surface area (Å²) >= 11 is 5.74. The molecule has 0 aliphatic heterocycles. The maximum atomic E-state index is 9.62. The molecule has 0 heterocycles. The van der Waals surface area contributed by atoms with Crippen molar-refractivity contribution in [1.82, 2.24) is 0 Å². The zero-order valence-electron chi connectivity index (χ0n) is 6.76. The summed E-state index contributed by atoms with van der Waals surface area (Å²) in [5, 5.41) is 10.4. The molecule has 1 saturated carbocycles. The van der Waals surface area contributed by atoms with Crippen molar-refractivity contribution in [2.24, 2.45) is 0 Å². The van der Waals surface area contributed by atoms with Crippen LogP contribution in [0.3, 0.4) is 0 Å². The van der Waals surface area contributed by atoms with E-state index in [9.17, 15) is 5.11 Å². The predicted molar refractivity (Wildman–Crippen MR) is 49.3 cm³/mol. The van der Waals surface area contributed by atoms with Gasteiger partial charge < -0.3 is 5.11 Å². The van der Waals surface area contributed by atoms with Crippen molar-refractivity contribution >= 4 is 11.6 Å². The van der Waals surface area contributed by atoms with Gasteiger partial charge in [-0.15, -0.1) is 0 Å². The summed E-state index contributed by atoms with van der Waals surface area (Å²) < 4.78 is 0. The molecule has 0 amide bonds. The van der Waals surface area contributed by atoms with E-state index in [2.05, 4.69) is 0 Å². The minimum Gasteiger partial charge on any atom is -0.390 e. The molecule has 1 nitrogen and oxygen atoms in total. The van der Waals surface area contributed by atoms with Crippen LogP contribution in [0.5, 0.6) is 0 Å². The van der Waals surface area contributed by atoms with E-state index in [0.717, 1.165) is 24.3 Å². The number of hydrogen-bond donors (Lipinski definition) is 1. The van der Waals surface area contributed by atoms with Gasteiger partial charge in [0.05, 0.1) is 5.60 Å². The zero-order chi connectivity index (χ0) is 8.60. The molecule has 1 N–H and O–H groups in total. The Morgan fingerprint density at radius 3 is 2.33 bits per heavy atom. The van der Waals surface area contributed by atoms with Gasteiger partial charge in [0.1, 0.15) is 0 Å². The van der Waals surface area contributed by atoms with Gasteiger partial charge in [-0.3, -0.25) is 0 Å². The standard InChI is InChI=1S/C10H11ClO/c11-9-3-1-8(2-4-9)7-10(12)5-6-10/h1-4,12H,5-7H2. The Balaban J connectivity index is 2.08.